The lowest BCUT2D eigenvalue weighted by Crippen LogP contribution is -2.22. The first-order valence-corrected chi connectivity index (χ1v) is 7.63. The van der Waals surface area contributed by atoms with Gasteiger partial charge in [0.1, 0.15) is 5.75 Å². The average Bonchev–Trinajstić information content (AvgIpc) is 2.96. The first-order valence-electron chi connectivity index (χ1n) is 7.63. The van der Waals surface area contributed by atoms with E-state index in [1.54, 1.807) is 0 Å². The molecule has 1 aromatic carbocycles. The van der Waals surface area contributed by atoms with Crippen molar-refractivity contribution in [2.24, 2.45) is 5.92 Å². The monoisotopic (exact) mass is 275 g/mol. The predicted octanol–water partition coefficient (Wildman–Crippen LogP) is 3.39. The van der Waals surface area contributed by atoms with Gasteiger partial charge < -0.3 is 9.64 Å². The Morgan fingerprint density at radius 3 is 2.45 bits per heavy atom. The number of nitrogens with zero attached hydrogens (tertiary/aromatic N) is 1. The van der Waals surface area contributed by atoms with Crippen molar-refractivity contribution in [3.8, 4) is 5.75 Å². The molecule has 0 unspecified atom stereocenters. The zero-order chi connectivity index (χ0) is 14.4. The smallest absolute Gasteiger partial charge is 0.164 e. The molecule has 0 radical (unpaired) electrons. The van der Waals surface area contributed by atoms with Crippen molar-refractivity contribution >= 4 is 5.78 Å². The second kappa shape index (κ2) is 7.44. The van der Waals surface area contributed by atoms with Crippen LogP contribution in [0.5, 0.6) is 5.75 Å². The normalized spacial score (nSPS) is 15.8. The lowest BCUT2D eigenvalue weighted by Gasteiger charge is -2.13. The molecule has 0 N–H and O–H groups in total. The number of carbonyl (C=O) groups is 1. The van der Waals surface area contributed by atoms with E-state index in [1.807, 2.05) is 24.3 Å². The summed E-state index contributed by atoms with van der Waals surface area (Å²) in [4.78, 5) is 14.5. The minimum Gasteiger partial charge on any atom is -0.493 e. The molecular weight excluding hydrogens is 250 g/mol. The summed E-state index contributed by atoms with van der Waals surface area (Å²) in [6.45, 7) is 8.14. The Bertz CT molecular complexity index is 419. The third kappa shape index (κ3) is 4.64. The highest BCUT2D eigenvalue weighted by atomic mass is 16.5. The fourth-order valence-electron chi connectivity index (χ4n) is 2.41. The standard InChI is InChI=1S/C17H25NO2/c1-14(2)13-20-16-7-5-15(6-8-16)17(19)9-12-18-10-3-4-11-18/h5-8,14H,3-4,9-13H2,1-2H3. The van der Waals surface area contributed by atoms with E-state index in [1.165, 1.54) is 12.8 Å². The van der Waals surface area contributed by atoms with Gasteiger partial charge in [-0.1, -0.05) is 13.8 Å². The molecule has 110 valence electrons. The summed E-state index contributed by atoms with van der Waals surface area (Å²) < 4.78 is 5.62. The summed E-state index contributed by atoms with van der Waals surface area (Å²) in [7, 11) is 0. The molecule has 0 saturated carbocycles. The number of hydrogen-bond acceptors (Lipinski definition) is 3. The van der Waals surface area contributed by atoms with E-state index < -0.39 is 0 Å². The van der Waals surface area contributed by atoms with Crippen LogP contribution in [0.3, 0.4) is 0 Å². The highest BCUT2D eigenvalue weighted by molar-refractivity contribution is 5.96. The topological polar surface area (TPSA) is 29.5 Å². The molecule has 0 amide bonds. The van der Waals surface area contributed by atoms with Crippen molar-refractivity contribution in [3.05, 3.63) is 29.8 Å². The number of rotatable bonds is 7. The van der Waals surface area contributed by atoms with Crippen LogP contribution in [0.4, 0.5) is 0 Å². The number of likely N-dealkylation sites (tertiary alicyclic amines) is 1. The highest BCUT2D eigenvalue weighted by Gasteiger charge is 2.13. The van der Waals surface area contributed by atoms with Gasteiger partial charge in [0.15, 0.2) is 5.78 Å². The van der Waals surface area contributed by atoms with Gasteiger partial charge in [-0.05, 0) is 56.1 Å². The summed E-state index contributed by atoms with van der Waals surface area (Å²) in [5.74, 6) is 1.58. The van der Waals surface area contributed by atoms with Crippen LogP contribution < -0.4 is 4.74 Å². The van der Waals surface area contributed by atoms with Crippen molar-refractivity contribution in [3.63, 3.8) is 0 Å². The maximum absolute atomic E-state index is 12.1. The van der Waals surface area contributed by atoms with Gasteiger partial charge >= 0.3 is 0 Å². The molecular formula is C17H25NO2. The third-order valence-electron chi connectivity index (χ3n) is 3.61. The quantitative estimate of drug-likeness (QED) is 0.714. The first kappa shape index (κ1) is 15.0. The molecule has 1 aromatic rings. The van der Waals surface area contributed by atoms with Crippen LogP contribution in [-0.2, 0) is 0 Å². The largest absolute Gasteiger partial charge is 0.493 e. The molecule has 1 fully saturated rings. The highest BCUT2D eigenvalue weighted by Crippen LogP contribution is 2.15. The fraction of sp³-hybridized carbons (Fsp3) is 0.588. The molecule has 2 rings (SSSR count). The molecule has 20 heavy (non-hydrogen) atoms. The van der Waals surface area contributed by atoms with Crippen molar-refractivity contribution < 1.29 is 9.53 Å². The van der Waals surface area contributed by atoms with Gasteiger partial charge in [-0.15, -0.1) is 0 Å². The van der Waals surface area contributed by atoms with E-state index in [0.717, 1.165) is 30.9 Å². The Labute approximate surface area is 121 Å². The number of Topliss-reactive ketones (excluding diaryl/α,β-unsaturated/α-hetero) is 1. The van der Waals surface area contributed by atoms with Gasteiger partial charge in [0.2, 0.25) is 0 Å². The number of ether oxygens (including phenoxy) is 1. The molecule has 1 aliphatic heterocycles. The number of ketones is 1. The van der Waals surface area contributed by atoms with Crippen molar-refractivity contribution in [1.29, 1.82) is 0 Å². The zero-order valence-corrected chi connectivity index (χ0v) is 12.6. The van der Waals surface area contributed by atoms with E-state index in [2.05, 4.69) is 18.7 Å². The number of carbonyl (C=O) groups excluding carboxylic acids is 1. The van der Waals surface area contributed by atoms with Crippen LogP contribution in [0.15, 0.2) is 24.3 Å². The van der Waals surface area contributed by atoms with Crippen LogP contribution in [0, 0.1) is 5.92 Å². The molecule has 0 aromatic heterocycles. The van der Waals surface area contributed by atoms with Gasteiger partial charge in [0.05, 0.1) is 6.61 Å². The van der Waals surface area contributed by atoms with E-state index in [9.17, 15) is 4.79 Å². The summed E-state index contributed by atoms with van der Waals surface area (Å²) >= 11 is 0. The Hall–Kier alpha value is -1.35. The zero-order valence-electron chi connectivity index (χ0n) is 12.6. The van der Waals surface area contributed by atoms with E-state index in [-0.39, 0.29) is 5.78 Å². The Balaban J connectivity index is 1.80. The first-order chi connectivity index (χ1) is 9.65. The van der Waals surface area contributed by atoms with Gasteiger partial charge in [-0.25, -0.2) is 0 Å². The second-order valence-corrected chi connectivity index (χ2v) is 5.95. The lowest BCUT2D eigenvalue weighted by atomic mass is 10.1. The molecule has 0 aliphatic carbocycles. The molecule has 0 bridgehead atoms. The Kier molecular flexibility index (Phi) is 5.60. The number of benzene rings is 1. The summed E-state index contributed by atoms with van der Waals surface area (Å²) in [6, 6.07) is 7.54. The average molecular weight is 275 g/mol. The molecule has 0 spiro atoms. The van der Waals surface area contributed by atoms with Gasteiger partial charge in [-0.3, -0.25) is 4.79 Å². The van der Waals surface area contributed by atoms with Crippen molar-refractivity contribution in [2.45, 2.75) is 33.1 Å². The van der Waals surface area contributed by atoms with Crippen LogP contribution in [0.2, 0.25) is 0 Å². The molecule has 1 aliphatic rings. The number of hydrogen-bond donors (Lipinski definition) is 0. The Morgan fingerprint density at radius 2 is 1.85 bits per heavy atom. The van der Waals surface area contributed by atoms with Crippen LogP contribution in [0.1, 0.15) is 43.5 Å². The van der Waals surface area contributed by atoms with E-state index in [4.69, 9.17) is 4.74 Å². The minimum absolute atomic E-state index is 0.229. The van der Waals surface area contributed by atoms with Crippen LogP contribution in [-0.4, -0.2) is 36.9 Å². The van der Waals surface area contributed by atoms with Crippen LogP contribution in [0.25, 0.3) is 0 Å². The van der Waals surface area contributed by atoms with Crippen molar-refractivity contribution in [1.82, 2.24) is 4.90 Å². The molecule has 0 atom stereocenters. The van der Waals surface area contributed by atoms with Gasteiger partial charge in [0.25, 0.3) is 0 Å². The van der Waals surface area contributed by atoms with Gasteiger partial charge in [-0.2, -0.15) is 0 Å². The molecule has 1 heterocycles. The molecule has 1 saturated heterocycles. The lowest BCUT2D eigenvalue weighted by molar-refractivity contribution is 0.0969. The molecule has 3 heteroatoms. The Morgan fingerprint density at radius 1 is 1.20 bits per heavy atom. The SMILES string of the molecule is CC(C)COc1ccc(C(=O)CCN2CCCC2)cc1. The maximum atomic E-state index is 12.1. The predicted molar refractivity (Wildman–Crippen MR) is 81.4 cm³/mol. The van der Waals surface area contributed by atoms with Gasteiger partial charge in [0, 0.05) is 18.5 Å². The van der Waals surface area contributed by atoms with Crippen LogP contribution >= 0.6 is 0 Å². The maximum Gasteiger partial charge on any atom is 0.164 e. The third-order valence-corrected chi connectivity index (χ3v) is 3.61. The van der Waals surface area contributed by atoms with E-state index in [0.29, 0.717) is 18.9 Å². The van der Waals surface area contributed by atoms with E-state index >= 15 is 0 Å². The summed E-state index contributed by atoms with van der Waals surface area (Å²) in [5, 5.41) is 0. The summed E-state index contributed by atoms with van der Waals surface area (Å²) in [5.41, 5.74) is 0.793. The van der Waals surface area contributed by atoms with Crippen molar-refractivity contribution in [2.75, 3.05) is 26.2 Å². The molecule has 3 nitrogen and oxygen atoms in total. The second-order valence-electron chi connectivity index (χ2n) is 5.95. The summed E-state index contributed by atoms with van der Waals surface area (Å²) in [6.07, 6.45) is 3.17. The fourth-order valence-corrected chi connectivity index (χ4v) is 2.41. The minimum atomic E-state index is 0.229.